The van der Waals surface area contributed by atoms with Crippen molar-refractivity contribution in [2.75, 3.05) is 0 Å². The molecule has 1 aliphatic rings. The lowest BCUT2D eigenvalue weighted by molar-refractivity contribution is 0.0921. The lowest BCUT2D eigenvalue weighted by Crippen LogP contribution is -2.37. The van der Waals surface area contributed by atoms with Gasteiger partial charge < -0.3 is 5.32 Å². The van der Waals surface area contributed by atoms with E-state index in [1.54, 1.807) is 0 Å². The van der Waals surface area contributed by atoms with Gasteiger partial charge >= 0.3 is 0 Å². The summed E-state index contributed by atoms with van der Waals surface area (Å²) in [6.07, 6.45) is 6.07. The summed E-state index contributed by atoms with van der Waals surface area (Å²) < 4.78 is 0. The predicted octanol–water partition coefficient (Wildman–Crippen LogP) is 3.69. The average Bonchev–Trinajstić information content (AvgIpc) is 2.40. The SMILES string of the molecule is CCC1CCC(NC(=O)c2ccc(C)cc2)CC1. The van der Waals surface area contributed by atoms with Gasteiger partial charge in [0.05, 0.1) is 0 Å². The van der Waals surface area contributed by atoms with Crippen LogP contribution in [0.5, 0.6) is 0 Å². The Balaban J connectivity index is 1.86. The number of hydrogen-bond acceptors (Lipinski definition) is 1. The molecule has 0 unspecified atom stereocenters. The molecular weight excluding hydrogens is 222 g/mol. The molecule has 0 atom stereocenters. The zero-order chi connectivity index (χ0) is 13.0. The molecule has 0 radical (unpaired) electrons. The Morgan fingerprint density at radius 2 is 1.78 bits per heavy atom. The van der Waals surface area contributed by atoms with Gasteiger partial charge in [0.25, 0.3) is 5.91 Å². The smallest absolute Gasteiger partial charge is 0.251 e. The fourth-order valence-corrected chi connectivity index (χ4v) is 2.69. The number of rotatable bonds is 3. The Hall–Kier alpha value is -1.31. The second-order valence-electron chi connectivity index (χ2n) is 5.47. The van der Waals surface area contributed by atoms with E-state index >= 15 is 0 Å². The van der Waals surface area contributed by atoms with Crippen LogP contribution < -0.4 is 5.32 Å². The van der Waals surface area contributed by atoms with Crippen LogP contribution in [0.15, 0.2) is 24.3 Å². The number of benzene rings is 1. The Kier molecular flexibility index (Phi) is 4.40. The summed E-state index contributed by atoms with van der Waals surface area (Å²) in [6.45, 7) is 4.30. The summed E-state index contributed by atoms with van der Waals surface area (Å²) in [6, 6.07) is 8.16. The maximum absolute atomic E-state index is 12.1. The van der Waals surface area contributed by atoms with E-state index in [1.807, 2.05) is 31.2 Å². The van der Waals surface area contributed by atoms with Crippen LogP contribution >= 0.6 is 0 Å². The molecule has 0 saturated heterocycles. The van der Waals surface area contributed by atoms with Gasteiger partial charge in [-0.3, -0.25) is 4.79 Å². The highest BCUT2D eigenvalue weighted by Crippen LogP contribution is 2.26. The van der Waals surface area contributed by atoms with Crippen LogP contribution in [0.1, 0.15) is 54.9 Å². The molecule has 0 heterocycles. The first-order valence-electron chi connectivity index (χ1n) is 7.06. The molecule has 1 aromatic rings. The van der Waals surface area contributed by atoms with E-state index in [0.29, 0.717) is 6.04 Å². The molecule has 98 valence electrons. The summed E-state index contributed by atoms with van der Waals surface area (Å²) in [5.74, 6) is 0.951. The molecular formula is C16H23NO. The maximum Gasteiger partial charge on any atom is 0.251 e. The molecule has 0 spiro atoms. The van der Waals surface area contributed by atoms with E-state index in [9.17, 15) is 4.79 Å². The maximum atomic E-state index is 12.1. The van der Waals surface area contributed by atoms with E-state index < -0.39 is 0 Å². The number of amides is 1. The monoisotopic (exact) mass is 245 g/mol. The van der Waals surface area contributed by atoms with Gasteiger partial charge in [0.15, 0.2) is 0 Å². The van der Waals surface area contributed by atoms with Crippen molar-refractivity contribution in [2.45, 2.75) is 52.0 Å². The van der Waals surface area contributed by atoms with Crippen molar-refractivity contribution in [3.63, 3.8) is 0 Å². The molecule has 1 aliphatic carbocycles. The molecule has 1 N–H and O–H groups in total. The first-order chi connectivity index (χ1) is 8.69. The zero-order valence-corrected chi connectivity index (χ0v) is 11.4. The van der Waals surface area contributed by atoms with Gasteiger partial charge in [-0.2, -0.15) is 0 Å². The van der Waals surface area contributed by atoms with E-state index in [0.717, 1.165) is 24.3 Å². The fourth-order valence-electron chi connectivity index (χ4n) is 2.69. The topological polar surface area (TPSA) is 29.1 Å². The number of hydrogen-bond donors (Lipinski definition) is 1. The van der Waals surface area contributed by atoms with Crippen LogP contribution in [0.25, 0.3) is 0 Å². The van der Waals surface area contributed by atoms with E-state index in [-0.39, 0.29) is 5.91 Å². The van der Waals surface area contributed by atoms with Crippen molar-refractivity contribution in [1.29, 1.82) is 0 Å². The Morgan fingerprint density at radius 1 is 1.17 bits per heavy atom. The van der Waals surface area contributed by atoms with E-state index in [4.69, 9.17) is 0 Å². The van der Waals surface area contributed by atoms with Gasteiger partial charge in [-0.1, -0.05) is 31.0 Å². The van der Waals surface area contributed by atoms with Crippen molar-refractivity contribution in [3.8, 4) is 0 Å². The van der Waals surface area contributed by atoms with Crippen molar-refractivity contribution >= 4 is 5.91 Å². The summed E-state index contributed by atoms with van der Waals surface area (Å²) in [4.78, 5) is 12.1. The molecule has 2 rings (SSSR count). The van der Waals surface area contributed by atoms with E-state index in [1.165, 1.54) is 24.8 Å². The van der Waals surface area contributed by atoms with Gasteiger partial charge in [0.1, 0.15) is 0 Å². The minimum absolute atomic E-state index is 0.0787. The van der Waals surface area contributed by atoms with Crippen LogP contribution in [0.2, 0.25) is 0 Å². The summed E-state index contributed by atoms with van der Waals surface area (Å²) in [7, 11) is 0. The molecule has 1 aromatic carbocycles. The largest absolute Gasteiger partial charge is 0.349 e. The lowest BCUT2D eigenvalue weighted by atomic mass is 9.84. The van der Waals surface area contributed by atoms with Crippen LogP contribution in [0.4, 0.5) is 0 Å². The molecule has 0 aromatic heterocycles. The second kappa shape index (κ2) is 6.03. The van der Waals surface area contributed by atoms with Crippen LogP contribution in [-0.4, -0.2) is 11.9 Å². The van der Waals surface area contributed by atoms with Crippen LogP contribution in [0.3, 0.4) is 0 Å². The van der Waals surface area contributed by atoms with Gasteiger partial charge in [-0.05, 0) is 50.7 Å². The Bertz CT molecular complexity index is 388. The highest BCUT2D eigenvalue weighted by Gasteiger charge is 2.21. The first kappa shape index (κ1) is 13.1. The third-order valence-electron chi connectivity index (χ3n) is 4.07. The fraction of sp³-hybridized carbons (Fsp3) is 0.562. The standard InChI is InChI=1S/C16H23NO/c1-3-13-6-10-15(11-7-13)17-16(18)14-8-4-12(2)5-9-14/h4-5,8-9,13,15H,3,6-7,10-11H2,1-2H3,(H,17,18). The Labute approximate surface area is 110 Å². The number of aryl methyl sites for hydroxylation is 1. The summed E-state index contributed by atoms with van der Waals surface area (Å²) in [5, 5.41) is 3.16. The van der Waals surface area contributed by atoms with Crippen LogP contribution in [0, 0.1) is 12.8 Å². The van der Waals surface area contributed by atoms with Gasteiger partial charge in [0, 0.05) is 11.6 Å². The molecule has 0 bridgehead atoms. The number of carbonyl (C=O) groups excluding carboxylic acids is 1. The Morgan fingerprint density at radius 3 is 2.33 bits per heavy atom. The highest BCUT2D eigenvalue weighted by molar-refractivity contribution is 5.94. The van der Waals surface area contributed by atoms with Gasteiger partial charge in [0.2, 0.25) is 0 Å². The van der Waals surface area contributed by atoms with Crippen molar-refractivity contribution in [3.05, 3.63) is 35.4 Å². The first-order valence-corrected chi connectivity index (χ1v) is 7.06. The third-order valence-corrected chi connectivity index (χ3v) is 4.07. The average molecular weight is 245 g/mol. The molecule has 18 heavy (non-hydrogen) atoms. The highest BCUT2D eigenvalue weighted by atomic mass is 16.1. The second-order valence-corrected chi connectivity index (χ2v) is 5.47. The molecule has 2 heteroatoms. The number of nitrogens with one attached hydrogen (secondary N) is 1. The minimum atomic E-state index is 0.0787. The lowest BCUT2D eigenvalue weighted by Gasteiger charge is -2.28. The van der Waals surface area contributed by atoms with Gasteiger partial charge in [-0.25, -0.2) is 0 Å². The number of carbonyl (C=O) groups is 1. The molecule has 1 saturated carbocycles. The zero-order valence-electron chi connectivity index (χ0n) is 11.4. The van der Waals surface area contributed by atoms with Crippen LogP contribution in [-0.2, 0) is 0 Å². The molecule has 1 fully saturated rings. The normalized spacial score (nSPS) is 23.7. The third kappa shape index (κ3) is 3.34. The quantitative estimate of drug-likeness (QED) is 0.864. The van der Waals surface area contributed by atoms with E-state index in [2.05, 4.69) is 12.2 Å². The van der Waals surface area contributed by atoms with Crippen molar-refractivity contribution in [2.24, 2.45) is 5.92 Å². The van der Waals surface area contributed by atoms with Crippen molar-refractivity contribution in [1.82, 2.24) is 5.32 Å². The molecule has 1 amide bonds. The van der Waals surface area contributed by atoms with Gasteiger partial charge in [-0.15, -0.1) is 0 Å². The molecule has 2 nitrogen and oxygen atoms in total. The summed E-state index contributed by atoms with van der Waals surface area (Å²) >= 11 is 0. The van der Waals surface area contributed by atoms with Crippen molar-refractivity contribution < 1.29 is 4.79 Å². The minimum Gasteiger partial charge on any atom is -0.349 e. The predicted molar refractivity (Wildman–Crippen MR) is 74.7 cm³/mol. The summed E-state index contributed by atoms with van der Waals surface area (Å²) in [5.41, 5.74) is 1.97. The molecule has 0 aliphatic heterocycles.